The van der Waals surface area contributed by atoms with Crippen molar-refractivity contribution < 1.29 is 9.47 Å². The number of halogens is 1. The molecule has 0 spiro atoms. The lowest BCUT2D eigenvalue weighted by Gasteiger charge is -2.38. The Bertz CT molecular complexity index is 2780. The quantitative estimate of drug-likeness (QED) is 0.0427. The summed E-state index contributed by atoms with van der Waals surface area (Å²) >= 11 is 4.02. The molecular formula is C61H77BrN4O2Si. The molecule has 2 aromatic carbocycles. The molecular weight excluding hydrogens is 929 g/mol. The van der Waals surface area contributed by atoms with Crippen molar-refractivity contribution in [1.82, 2.24) is 19.9 Å². The Kier molecular flexibility index (Phi) is 18.1. The van der Waals surface area contributed by atoms with Crippen molar-refractivity contribution in [2.45, 2.75) is 163 Å². The minimum Gasteiger partial charge on any atom is -0.493 e. The first-order valence-electron chi connectivity index (χ1n) is 26.2. The van der Waals surface area contributed by atoms with E-state index in [1.165, 1.54) is 64.2 Å². The number of rotatable bonds is 21. The molecule has 0 unspecified atom stereocenters. The Morgan fingerprint density at radius 1 is 0.507 bits per heavy atom. The Labute approximate surface area is 423 Å². The standard InChI is InChI=1S/C61H77BrN4O2Si/c1-11-13-15-17-19-21-38-67-55-27-23-25-44(9)57(55)59-49-31-29-47(63-49)46(37-40-69(41(3)4,42(5)6)43(7)8)48-30-32-50(64-48)60(52-34-36-54(66-52)61(62)53-35-33-51(59)65-53)58-45(10)26-24-28-56(58)68-39-22-20-18-16-14-12-2/h23-36,41-43,63,66H,11-22,38-39H2,1-10H3. The molecule has 3 aromatic heterocycles. The number of benzene rings is 2. The van der Waals surface area contributed by atoms with Crippen molar-refractivity contribution in [2.75, 3.05) is 13.2 Å². The van der Waals surface area contributed by atoms with Gasteiger partial charge in [-0.2, -0.15) is 0 Å². The number of aryl methyl sites for hydroxylation is 2. The van der Waals surface area contributed by atoms with E-state index >= 15 is 0 Å². The second-order valence-corrected chi connectivity index (χ2v) is 26.6. The van der Waals surface area contributed by atoms with Crippen molar-refractivity contribution in [3.8, 4) is 45.2 Å². The molecule has 8 bridgehead atoms. The van der Waals surface area contributed by atoms with Gasteiger partial charge in [0, 0.05) is 33.3 Å². The molecule has 0 amide bonds. The predicted octanol–water partition coefficient (Wildman–Crippen LogP) is 18.4. The molecule has 5 aromatic rings. The van der Waals surface area contributed by atoms with E-state index in [9.17, 15) is 0 Å². The monoisotopic (exact) mass is 1000 g/mol. The lowest BCUT2D eigenvalue weighted by Crippen LogP contribution is -2.43. The average Bonchev–Trinajstić information content (AvgIpc) is 4.18. The number of unbranched alkanes of at least 4 members (excludes halogenated alkanes) is 10. The van der Waals surface area contributed by atoms with E-state index in [1.54, 1.807) is 0 Å². The lowest BCUT2D eigenvalue weighted by atomic mass is 9.97. The van der Waals surface area contributed by atoms with E-state index in [1.807, 2.05) is 0 Å². The highest BCUT2D eigenvalue weighted by Gasteiger charge is 2.42. The number of ether oxygens (including phenoxy) is 2. The second kappa shape index (κ2) is 24.1. The van der Waals surface area contributed by atoms with Crippen molar-refractivity contribution >= 4 is 70.4 Å². The number of aromatic amines is 2. The van der Waals surface area contributed by atoms with E-state index in [2.05, 4.69) is 192 Å². The van der Waals surface area contributed by atoms with Gasteiger partial charge in [-0.25, -0.2) is 9.97 Å². The van der Waals surface area contributed by atoms with Crippen LogP contribution < -0.4 is 9.47 Å². The van der Waals surface area contributed by atoms with Crippen LogP contribution in [0.15, 0.2) is 65.1 Å². The number of hydrogen-bond acceptors (Lipinski definition) is 4. The van der Waals surface area contributed by atoms with Gasteiger partial charge in [0.15, 0.2) is 0 Å². The summed E-state index contributed by atoms with van der Waals surface area (Å²) in [5.41, 5.74) is 19.9. The topological polar surface area (TPSA) is 75.8 Å². The largest absolute Gasteiger partial charge is 0.493 e. The number of H-pyrrole nitrogens is 2. The highest BCUT2D eigenvalue weighted by molar-refractivity contribution is 9.10. The summed E-state index contributed by atoms with van der Waals surface area (Å²) in [5.74, 6) is 5.64. The zero-order valence-electron chi connectivity index (χ0n) is 43.3. The third-order valence-electron chi connectivity index (χ3n) is 14.4. The van der Waals surface area contributed by atoms with Crippen molar-refractivity contribution in [1.29, 1.82) is 0 Å². The van der Waals surface area contributed by atoms with Gasteiger partial charge >= 0.3 is 0 Å². The zero-order chi connectivity index (χ0) is 49.1. The van der Waals surface area contributed by atoms with Gasteiger partial charge in [-0.3, -0.25) is 0 Å². The molecule has 0 saturated carbocycles. The van der Waals surface area contributed by atoms with Crippen LogP contribution in [0.3, 0.4) is 0 Å². The van der Waals surface area contributed by atoms with E-state index in [-0.39, 0.29) is 0 Å². The van der Waals surface area contributed by atoms with Gasteiger partial charge < -0.3 is 19.4 Å². The Balaban J connectivity index is 1.51. The van der Waals surface area contributed by atoms with Gasteiger partial charge in [0.1, 0.15) is 19.6 Å². The van der Waals surface area contributed by atoms with Gasteiger partial charge in [0.2, 0.25) is 0 Å². The fourth-order valence-corrected chi connectivity index (χ4v) is 16.4. The first kappa shape index (κ1) is 51.7. The van der Waals surface area contributed by atoms with Crippen LogP contribution in [0.4, 0.5) is 0 Å². The summed E-state index contributed by atoms with van der Waals surface area (Å²) in [5, 5.41) is 0. The number of nitrogens with zero attached hydrogens (tertiary/aromatic N) is 2. The van der Waals surface area contributed by atoms with Crippen LogP contribution in [0.5, 0.6) is 11.5 Å². The molecule has 69 heavy (non-hydrogen) atoms. The average molecular weight is 1010 g/mol. The molecule has 5 heterocycles. The zero-order valence-corrected chi connectivity index (χ0v) is 45.9. The third kappa shape index (κ3) is 11.7. The van der Waals surface area contributed by atoms with Gasteiger partial charge in [0.25, 0.3) is 0 Å². The predicted molar refractivity (Wildman–Crippen MR) is 303 cm³/mol. The van der Waals surface area contributed by atoms with E-state index < -0.39 is 8.07 Å². The van der Waals surface area contributed by atoms with Crippen LogP contribution in [0.1, 0.15) is 172 Å². The molecule has 2 aliphatic heterocycles. The van der Waals surface area contributed by atoms with Crippen LogP contribution in [0.25, 0.3) is 68.6 Å². The van der Waals surface area contributed by atoms with Crippen molar-refractivity contribution in [3.05, 3.63) is 105 Å². The number of fused-ring (bicyclic) bond motifs is 8. The SMILES string of the molecule is CCCCCCCCOc1cccc(C)c1-c1c2nc(c(C#C[Si](C(C)C)(C(C)C)C(C)C)c3ccc([nH]3)c(-c3c(C)cccc3OCCCCCCCC)c3nc(c(Br)c4ccc1[nH]4)C=C3)C=C2. The summed E-state index contributed by atoms with van der Waals surface area (Å²) in [6.45, 7) is 24.5. The van der Waals surface area contributed by atoms with Crippen LogP contribution >= 0.6 is 15.9 Å². The van der Waals surface area contributed by atoms with Crippen LogP contribution in [-0.4, -0.2) is 41.2 Å². The van der Waals surface area contributed by atoms with E-state index in [4.69, 9.17) is 19.4 Å². The van der Waals surface area contributed by atoms with E-state index in [0.29, 0.717) is 29.8 Å². The molecule has 7 rings (SSSR count). The highest BCUT2D eigenvalue weighted by atomic mass is 79.9. The number of aromatic nitrogens is 4. The van der Waals surface area contributed by atoms with Gasteiger partial charge in [-0.15, -0.1) is 5.54 Å². The fraction of sp³-hybridized carbons (Fsp3) is 0.443. The lowest BCUT2D eigenvalue weighted by molar-refractivity contribution is 0.305. The maximum absolute atomic E-state index is 6.72. The van der Waals surface area contributed by atoms with Crippen molar-refractivity contribution in [2.24, 2.45) is 0 Å². The third-order valence-corrected chi connectivity index (χ3v) is 21.6. The summed E-state index contributed by atoms with van der Waals surface area (Å²) in [6, 6.07) is 21.5. The molecule has 0 radical (unpaired) electrons. The maximum Gasteiger partial charge on any atom is 0.146 e. The minimum atomic E-state index is -2.16. The first-order chi connectivity index (χ1) is 33.4. The molecule has 0 aliphatic carbocycles. The van der Waals surface area contributed by atoms with Gasteiger partial charge in [-0.1, -0.05) is 150 Å². The summed E-state index contributed by atoms with van der Waals surface area (Å²) in [6.07, 6.45) is 23.1. The molecule has 364 valence electrons. The molecule has 8 heteroatoms. The Morgan fingerprint density at radius 3 is 1.43 bits per heavy atom. The highest BCUT2D eigenvalue weighted by Crippen LogP contribution is 2.44. The first-order valence-corrected chi connectivity index (χ1v) is 29.2. The molecule has 2 aliphatic rings. The van der Waals surface area contributed by atoms with Gasteiger partial charge in [-0.05, 0) is 131 Å². The van der Waals surface area contributed by atoms with Crippen LogP contribution in [-0.2, 0) is 0 Å². The number of nitrogens with one attached hydrogen (secondary N) is 2. The summed E-state index contributed by atoms with van der Waals surface area (Å²) in [7, 11) is -2.16. The van der Waals surface area contributed by atoms with Crippen LogP contribution in [0, 0.1) is 25.3 Å². The minimum absolute atomic E-state index is 0.474. The van der Waals surface area contributed by atoms with Crippen molar-refractivity contribution in [3.63, 3.8) is 0 Å². The fourth-order valence-electron chi connectivity index (χ4n) is 10.7. The molecule has 0 fully saturated rings. The Hall–Kier alpha value is -5.10. The molecule has 6 nitrogen and oxygen atoms in total. The maximum atomic E-state index is 6.72. The number of hydrogen-bond donors (Lipinski definition) is 2. The summed E-state index contributed by atoms with van der Waals surface area (Å²) < 4.78 is 14.3. The molecule has 2 N–H and O–H groups in total. The summed E-state index contributed by atoms with van der Waals surface area (Å²) in [4.78, 5) is 18.8. The molecule has 0 saturated heterocycles. The normalized spacial score (nSPS) is 12.4. The van der Waals surface area contributed by atoms with Crippen LogP contribution in [0.2, 0.25) is 16.6 Å². The second-order valence-electron chi connectivity index (χ2n) is 20.2. The van der Waals surface area contributed by atoms with Gasteiger partial charge in [0.05, 0.1) is 57.1 Å². The Morgan fingerprint density at radius 2 is 0.928 bits per heavy atom. The smallest absolute Gasteiger partial charge is 0.146 e. The molecule has 0 atom stereocenters. The van der Waals surface area contributed by atoms with E-state index in [0.717, 1.165) is 113 Å².